The van der Waals surface area contributed by atoms with Gasteiger partial charge in [0.25, 0.3) is 0 Å². The van der Waals surface area contributed by atoms with Crippen LogP contribution in [0.1, 0.15) is 129 Å². The highest BCUT2D eigenvalue weighted by atomic mass is 32.3. The van der Waals surface area contributed by atoms with Crippen molar-refractivity contribution >= 4 is 22.3 Å². The van der Waals surface area contributed by atoms with Crippen LogP contribution in [0.15, 0.2) is 11.1 Å². The molecule has 0 fully saturated rings. The lowest BCUT2D eigenvalue weighted by atomic mass is 9.96. The Morgan fingerprint density at radius 3 is 1.13 bits per heavy atom. The van der Waals surface area contributed by atoms with E-state index in [1.807, 2.05) is 0 Å². The molecule has 1 rings (SSSR count). The van der Waals surface area contributed by atoms with Gasteiger partial charge in [-0.15, -0.1) is 8.42 Å². The molecule has 0 aliphatic carbocycles. The Morgan fingerprint density at radius 2 is 0.806 bits per heavy atom. The quantitative estimate of drug-likeness (QED) is 0.213. The molecule has 1 aliphatic heterocycles. The monoisotopic (exact) mass is 458 g/mol. The predicted octanol–water partition coefficient (Wildman–Crippen LogP) is 6.69. The average molecular weight is 459 g/mol. The maximum Gasteiger partial charge on any atom is 0.506 e. The number of rotatable bonds is 18. The summed E-state index contributed by atoms with van der Waals surface area (Å²) in [5.74, 6) is -1.91. The van der Waals surface area contributed by atoms with Crippen molar-refractivity contribution in [3.63, 3.8) is 0 Å². The summed E-state index contributed by atoms with van der Waals surface area (Å²) in [6.45, 7) is 4.38. The van der Waals surface area contributed by atoms with Gasteiger partial charge in [-0.3, -0.25) is 0 Å². The van der Waals surface area contributed by atoms with Gasteiger partial charge in [0.15, 0.2) is 0 Å². The fourth-order valence-corrected chi connectivity index (χ4v) is 4.53. The van der Waals surface area contributed by atoms with E-state index in [2.05, 4.69) is 22.2 Å². The van der Waals surface area contributed by atoms with Crippen molar-refractivity contribution in [3.05, 3.63) is 11.1 Å². The Morgan fingerprint density at radius 1 is 0.516 bits per heavy atom. The summed E-state index contributed by atoms with van der Waals surface area (Å²) in [4.78, 5) is 24.7. The molecular weight excluding hydrogens is 416 g/mol. The first-order chi connectivity index (χ1) is 14.9. The Labute approximate surface area is 189 Å². The molecule has 180 valence electrons. The maximum absolute atomic E-state index is 12.4. The summed E-state index contributed by atoms with van der Waals surface area (Å²) in [6, 6.07) is 0. The molecular formula is C24H42O6S. The lowest BCUT2D eigenvalue weighted by Crippen LogP contribution is -2.15. The van der Waals surface area contributed by atoms with Crippen molar-refractivity contribution in [2.45, 2.75) is 129 Å². The van der Waals surface area contributed by atoms with Gasteiger partial charge in [0.05, 0.1) is 0 Å². The van der Waals surface area contributed by atoms with Gasteiger partial charge in [0, 0.05) is 11.1 Å². The molecule has 0 saturated carbocycles. The second kappa shape index (κ2) is 16.3. The van der Waals surface area contributed by atoms with Gasteiger partial charge in [-0.25, -0.2) is 9.59 Å². The van der Waals surface area contributed by atoms with Crippen LogP contribution in [0.25, 0.3) is 0 Å². The molecule has 0 saturated heterocycles. The first-order valence-electron chi connectivity index (χ1n) is 12.4. The highest BCUT2D eigenvalue weighted by Crippen LogP contribution is 2.26. The minimum Gasteiger partial charge on any atom is -0.312 e. The number of hydrogen-bond acceptors (Lipinski definition) is 6. The van der Waals surface area contributed by atoms with Crippen LogP contribution in [0.4, 0.5) is 0 Å². The van der Waals surface area contributed by atoms with Crippen LogP contribution in [0.3, 0.4) is 0 Å². The lowest BCUT2D eigenvalue weighted by molar-refractivity contribution is -0.131. The molecule has 0 aromatic rings. The van der Waals surface area contributed by atoms with Crippen molar-refractivity contribution in [3.8, 4) is 0 Å². The van der Waals surface area contributed by atoms with Crippen molar-refractivity contribution in [2.75, 3.05) is 0 Å². The molecule has 0 spiro atoms. The van der Waals surface area contributed by atoms with E-state index in [-0.39, 0.29) is 11.1 Å². The van der Waals surface area contributed by atoms with E-state index in [1.54, 1.807) is 0 Å². The van der Waals surface area contributed by atoms with Crippen molar-refractivity contribution in [2.24, 2.45) is 0 Å². The summed E-state index contributed by atoms with van der Waals surface area (Å²) < 4.78 is 32.2. The maximum atomic E-state index is 12.4. The molecule has 31 heavy (non-hydrogen) atoms. The zero-order chi connectivity index (χ0) is 23.0. The van der Waals surface area contributed by atoms with Gasteiger partial charge in [0.2, 0.25) is 0 Å². The van der Waals surface area contributed by atoms with Crippen LogP contribution in [0, 0.1) is 0 Å². The molecule has 0 aromatic carbocycles. The van der Waals surface area contributed by atoms with E-state index in [0.29, 0.717) is 12.8 Å². The number of carbonyl (C=O) groups is 2. The molecule has 0 aromatic heterocycles. The molecule has 0 N–H and O–H groups in total. The highest BCUT2D eigenvalue weighted by Gasteiger charge is 2.34. The fraction of sp³-hybridized carbons (Fsp3) is 0.833. The first kappa shape index (κ1) is 27.7. The zero-order valence-electron chi connectivity index (χ0n) is 19.6. The van der Waals surface area contributed by atoms with Crippen molar-refractivity contribution < 1.29 is 26.4 Å². The highest BCUT2D eigenvalue weighted by molar-refractivity contribution is 7.82. The van der Waals surface area contributed by atoms with E-state index >= 15 is 0 Å². The van der Waals surface area contributed by atoms with E-state index in [1.165, 1.54) is 51.4 Å². The molecule has 0 radical (unpaired) electrons. The van der Waals surface area contributed by atoms with Crippen LogP contribution in [0.5, 0.6) is 0 Å². The summed E-state index contributed by atoms with van der Waals surface area (Å²) >= 11 is 0. The second-order valence-corrected chi connectivity index (χ2v) is 9.71. The van der Waals surface area contributed by atoms with Crippen LogP contribution >= 0.6 is 0 Å². The predicted molar refractivity (Wildman–Crippen MR) is 123 cm³/mol. The Hall–Kier alpha value is -1.37. The summed E-state index contributed by atoms with van der Waals surface area (Å²) in [5, 5.41) is 0. The standard InChI is InChI=1S/C24H42O6S/c1-3-5-7-9-11-13-15-17-19-21-22(20-18-16-14-12-10-8-6-4-2)24(26)30-31(27,28)29-23(21)25/h3-20H2,1-2H3. The largest absolute Gasteiger partial charge is 0.506 e. The van der Waals surface area contributed by atoms with Gasteiger partial charge in [-0.05, 0) is 25.7 Å². The second-order valence-electron chi connectivity index (χ2n) is 8.56. The van der Waals surface area contributed by atoms with E-state index in [9.17, 15) is 18.0 Å². The molecule has 6 nitrogen and oxygen atoms in total. The lowest BCUT2D eigenvalue weighted by Gasteiger charge is -2.08. The third kappa shape index (κ3) is 12.3. The summed E-state index contributed by atoms with van der Waals surface area (Å²) in [5.41, 5.74) is 0.361. The van der Waals surface area contributed by atoms with Crippen LogP contribution in [-0.4, -0.2) is 20.4 Å². The van der Waals surface area contributed by atoms with E-state index in [0.717, 1.165) is 51.4 Å². The fourth-order valence-electron chi connectivity index (χ4n) is 3.93. The number of carbonyl (C=O) groups excluding carboxylic acids is 2. The molecule has 1 aliphatic rings. The molecule has 0 atom stereocenters. The molecule has 7 heteroatoms. The van der Waals surface area contributed by atoms with Gasteiger partial charge in [-0.2, -0.15) is 0 Å². The number of unbranched alkanes of at least 4 members (excludes halogenated alkanes) is 14. The normalized spacial score (nSPS) is 16.2. The minimum absolute atomic E-state index is 0.181. The van der Waals surface area contributed by atoms with Gasteiger partial charge < -0.3 is 8.37 Å². The van der Waals surface area contributed by atoms with Gasteiger partial charge >= 0.3 is 22.3 Å². The summed E-state index contributed by atoms with van der Waals surface area (Å²) in [7, 11) is -4.62. The Kier molecular flexibility index (Phi) is 14.5. The summed E-state index contributed by atoms with van der Waals surface area (Å²) in [6.07, 6.45) is 18.4. The van der Waals surface area contributed by atoms with Crippen LogP contribution in [-0.2, 0) is 28.4 Å². The van der Waals surface area contributed by atoms with Gasteiger partial charge in [0.1, 0.15) is 0 Å². The molecule has 0 unspecified atom stereocenters. The SMILES string of the molecule is CCCCCCCCCCC1=C(CCCCCCCCCC)C(=O)OS(=O)(=O)OC1=O. The molecule has 0 amide bonds. The third-order valence-electron chi connectivity index (χ3n) is 5.77. The minimum atomic E-state index is -4.62. The number of hydrogen-bond donors (Lipinski definition) is 0. The smallest absolute Gasteiger partial charge is 0.312 e. The van der Waals surface area contributed by atoms with Crippen molar-refractivity contribution in [1.82, 2.24) is 0 Å². The third-order valence-corrected chi connectivity index (χ3v) is 6.48. The average Bonchev–Trinajstić information content (AvgIpc) is 2.79. The van der Waals surface area contributed by atoms with E-state index in [4.69, 9.17) is 0 Å². The first-order valence-corrected chi connectivity index (χ1v) is 13.7. The topological polar surface area (TPSA) is 86.7 Å². The van der Waals surface area contributed by atoms with Crippen LogP contribution in [0.2, 0.25) is 0 Å². The van der Waals surface area contributed by atoms with E-state index < -0.39 is 22.3 Å². The Bertz CT molecular complexity index is 616. The molecule has 1 heterocycles. The molecule has 0 bridgehead atoms. The van der Waals surface area contributed by atoms with Crippen molar-refractivity contribution in [1.29, 1.82) is 0 Å². The van der Waals surface area contributed by atoms with Gasteiger partial charge in [-0.1, -0.05) is 104 Å². The zero-order valence-corrected chi connectivity index (χ0v) is 20.4. The Balaban J connectivity index is 2.55. The van der Waals surface area contributed by atoms with Crippen LogP contribution < -0.4 is 0 Å².